The van der Waals surface area contributed by atoms with Crippen LogP contribution in [0, 0.1) is 0 Å². The molecule has 12 nitrogen and oxygen atoms in total. The van der Waals surface area contributed by atoms with E-state index in [9.17, 15) is 49.2 Å². The van der Waals surface area contributed by atoms with Crippen molar-refractivity contribution in [3.8, 4) is 22.3 Å². The van der Waals surface area contributed by atoms with Crippen molar-refractivity contribution in [2.45, 2.75) is 0 Å². The van der Waals surface area contributed by atoms with Gasteiger partial charge in [0.2, 0.25) is 11.8 Å². The monoisotopic (exact) mass is 555 g/mol. The molecule has 0 aliphatic rings. The van der Waals surface area contributed by atoms with Crippen molar-refractivity contribution in [3.05, 3.63) is 81.9 Å². The molecule has 3 aromatic rings. The van der Waals surface area contributed by atoms with Crippen LogP contribution in [0.5, 0.6) is 0 Å². The van der Waals surface area contributed by atoms with Gasteiger partial charge in [0.15, 0.2) is 0 Å². The Hall–Kier alpha value is -5.00. The van der Waals surface area contributed by atoms with Crippen LogP contribution in [0.1, 0.15) is 62.1 Å². The first-order valence-corrected chi connectivity index (χ1v) is 9.82. The van der Waals surface area contributed by atoms with Gasteiger partial charge in [-0.25, -0.2) is 19.2 Å². The molecule has 37 heavy (non-hydrogen) atoms. The van der Waals surface area contributed by atoms with Crippen LogP contribution in [-0.4, -0.2) is 56.1 Å². The van der Waals surface area contributed by atoms with Crippen molar-refractivity contribution >= 4 is 35.7 Å². The molecule has 0 unspecified atom stereocenters. The first-order valence-electron chi connectivity index (χ1n) is 9.82. The summed E-state index contributed by atoms with van der Waals surface area (Å²) < 4.78 is 0. The van der Waals surface area contributed by atoms with Gasteiger partial charge in [-0.2, -0.15) is 0 Å². The molecule has 0 aliphatic heterocycles. The number of hydrogen-bond acceptors (Lipinski definition) is 6. The Kier molecular flexibility index (Phi) is 8.19. The van der Waals surface area contributed by atoms with E-state index in [4.69, 9.17) is 11.5 Å². The summed E-state index contributed by atoms with van der Waals surface area (Å²) >= 11 is 0. The zero-order valence-electron chi connectivity index (χ0n) is 18.3. The van der Waals surface area contributed by atoms with Crippen LogP contribution in [0.25, 0.3) is 22.3 Å². The Morgan fingerprint density at radius 2 is 0.730 bits per heavy atom. The average Bonchev–Trinajstić information content (AvgIpc) is 2.82. The fourth-order valence-electron chi connectivity index (χ4n) is 3.65. The number of benzene rings is 3. The zero-order chi connectivity index (χ0) is 26.9. The topological polar surface area (TPSA) is 235 Å². The Balaban J connectivity index is 0.00000481. The van der Waals surface area contributed by atoms with Crippen molar-refractivity contribution in [1.82, 2.24) is 0 Å². The molecule has 0 bridgehead atoms. The van der Waals surface area contributed by atoms with Crippen LogP contribution in [0.2, 0.25) is 0 Å². The van der Waals surface area contributed by atoms with Crippen LogP contribution in [-0.2, 0) is 17.1 Å². The molecule has 0 fully saturated rings. The summed E-state index contributed by atoms with van der Waals surface area (Å²) in [6.45, 7) is 0. The summed E-state index contributed by atoms with van der Waals surface area (Å²) in [6.07, 6.45) is 0. The number of carbonyl (C=O) groups is 6. The SMILES string of the molecule is NC(=O)c1ccc(C(N)=O)c(-c2cc(C(=O)O)cc(C(=O)O)c2)c1-c1cc(C(=O)O)cc(C(=O)O)c1.[Cu]. The van der Waals surface area contributed by atoms with E-state index in [-0.39, 0.29) is 50.4 Å². The average molecular weight is 556 g/mol. The molecular weight excluding hydrogens is 540 g/mol. The van der Waals surface area contributed by atoms with Gasteiger partial charge in [0.25, 0.3) is 0 Å². The number of carbonyl (C=O) groups excluding carboxylic acids is 2. The first kappa shape index (κ1) is 28.2. The minimum Gasteiger partial charge on any atom is -0.478 e. The third-order valence-corrected chi connectivity index (χ3v) is 5.17. The smallest absolute Gasteiger partial charge is 0.335 e. The van der Waals surface area contributed by atoms with Gasteiger partial charge in [0.1, 0.15) is 0 Å². The van der Waals surface area contributed by atoms with Crippen LogP contribution in [0.4, 0.5) is 0 Å². The van der Waals surface area contributed by atoms with Crippen LogP contribution in [0.3, 0.4) is 0 Å². The minimum atomic E-state index is -1.51. The van der Waals surface area contributed by atoms with Crippen molar-refractivity contribution in [2.75, 3.05) is 0 Å². The van der Waals surface area contributed by atoms with Crippen molar-refractivity contribution in [2.24, 2.45) is 11.5 Å². The Labute approximate surface area is 217 Å². The van der Waals surface area contributed by atoms with Gasteiger partial charge in [-0.15, -0.1) is 0 Å². The van der Waals surface area contributed by atoms with E-state index in [1.54, 1.807) is 0 Å². The summed E-state index contributed by atoms with van der Waals surface area (Å²) in [5.74, 6) is -8.15. The zero-order valence-corrected chi connectivity index (χ0v) is 19.3. The number of hydrogen-bond donors (Lipinski definition) is 6. The quantitative estimate of drug-likeness (QED) is 0.221. The number of nitrogens with two attached hydrogens (primary N) is 2. The van der Waals surface area contributed by atoms with E-state index in [1.807, 2.05) is 0 Å². The molecule has 0 spiro atoms. The minimum absolute atomic E-state index is 0. The molecule has 1 radical (unpaired) electrons. The van der Waals surface area contributed by atoms with E-state index in [0.29, 0.717) is 0 Å². The molecule has 0 atom stereocenters. The molecule has 0 aromatic heterocycles. The summed E-state index contributed by atoms with van der Waals surface area (Å²) in [4.78, 5) is 71.3. The number of aromatic carboxylic acids is 4. The number of carboxylic acid groups (broad SMARTS) is 4. The van der Waals surface area contributed by atoms with Crippen molar-refractivity contribution in [1.29, 1.82) is 0 Å². The maximum absolute atomic E-state index is 12.3. The molecule has 0 heterocycles. The van der Waals surface area contributed by atoms with Gasteiger partial charge in [-0.05, 0) is 59.7 Å². The molecular formula is C24H16CuN2O10. The van der Waals surface area contributed by atoms with E-state index < -0.39 is 57.9 Å². The standard InChI is InChI=1S/C24H16N2O10.Cu/c25-19(27)15-1-2-16(20(26)28)18(10-5-13(23(33)34)8-14(6-10)24(35)36)17(15)9-3-11(21(29)30)7-12(4-9)22(31)32;/h1-8H,(H2,25,27)(H2,26,28)(H,29,30)(H,31,32)(H,33,34)(H,35,36);. The van der Waals surface area contributed by atoms with Crippen molar-refractivity contribution in [3.63, 3.8) is 0 Å². The van der Waals surface area contributed by atoms with Crippen LogP contribution < -0.4 is 11.5 Å². The predicted octanol–water partition coefficient (Wildman–Crippen LogP) is 2.01. The fraction of sp³-hybridized carbons (Fsp3) is 0. The Morgan fingerprint density at radius 3 is 0.919 bits per heavy atom. The molecule has 0 saturated carbocycles. The van der Waals surface area contributed by atoms with Gasteiger partial charge < -0.3 is 31.9 Å². The van der Waals surface area contributed by atoms with Gasteiger partial charge in [0.05, 0.1) is 22.3 Å². The molecule has 3 rings (SSSR count). The van der Waals surface area contributed by atoms with E-state index in [1.165, 1.54) is 0 Å². The predicted molar refractivity (Wildman–Crippen MR) is 122 cm³/mol. The molecule has 0 aliphatic carbocycles. The number of carboxylic acids is 4. The third-order valence-electron chi connectivity index (χ3n) is 5.17. The summed E-state index contributed by atoms with van der Waals surface area (Å²) in [5, 5.41) is 37.9. The number of amides is 2. The van der Waals surface area contributed by atoms with Crippen molar-refractivity contribution < 1.29 is 66.3 Å². The largest absolute Gasteiger partial charge is 0.478 e. The van der Waals surface area contributed by atoms with Crippen LogP contribution >= 0.6 is 0 Å². The number of primary amides is 2. The molecule has 3 aromatic carbocycles. The summed E-state index contributed by atoms with van der Waals surface area (Å²) in [7, 11) is 0. The molecule has 8 N–H and O–H groups in total. The normalized spacial score (nSPS) is 10.2. The Bertz CT molecular complexity index is 1340. The second kappa shape index (κ2) is 10.7. The number of rotatable bonds is 8. The maximum atomic E-state index is 12.3. The van der Waals surface area contributed by atoms with Gasteiger partial charge in [-0.3, -0.25) is 9.59 Å². The molecule has 2 amide bonds. The third kappa shape index (κ3) is 5.64. The van der Waals surface area contributed by atoms with Crippen LogP contribution in [0.15, 0.2) is 48.5 Å². The fourth-order valence-corrected chi connectivity index (χ4v) is 3.65. The maximum Gasteiger partial charge on any atom is 0.335 e. The summed E-state index contributed by atoms with van der Waals surface area (Å²) in [6, 6.07) is 8.01. The second-order valence-electron chi connectivity index (χ2n) is 7.46. The van der Waals surface area contributed by atoms with Gasteiger partial charge in [-0.1, -0.05) is 0 Å². The second-order valence-corrected chi connectivity index (χ2v) is 7.46. The van der Waals surface area contributed by atoms with Gasteiger partial charge in [0, 0.05) is 39.3 Å². The first-order chi connectivity index (χ1) is 16.8. The molecule has 13 heteroatoms. The van der Waals surface area contributed by atoms with E-state index in [2.05, 4.69) is 0 Å². The van der Waals surface area contributed by atoms with E-state index in [0.717, 1.165) is 48.5 Å². The molecule has 0 saturated heterocycles. The van der Waals surface area contributed by atoms with Gasteiger partial charge >= 0.3 is 23.9 Å². The molecule has 193 valence electrons. The summed E-state index contributed by atoms with van der Waals surface area (Å²) in [5.41, 5.74) is 7.60. The Morgan fingerprint density at radius 1 is 0.486 bits per heavy atom. The van der Waals surface area contributed by atoms with E-state index >= 15 is 0 Å².